The van der Waals surface area contributed by atoms with E-state index in [1.165, 1.54) is 4.31 Å². The molecule has 1 aliphatic heterocycles. The van der Waals surface area contributed by atoms with Crippen LogP contribution in [0.2, 0.25) is 0 Å². The third-order valence-electron chi connectivity index (χ3n) is 5.42. The van der Waals surface area contributed by atoms with Gasteiger partial charge in [-0.25, -0.2) is 8.42 Å². The number of carbonyl (C=O) groups is 2. The minimum absolute atomic E-state index is 0.123. The second-order valence-corrected chi connectivity index (χ2v) is 9.51. The fraction of sp³-hybridized carbons (Fsp3) is 0.476. The normalized spacial score (nSPS) is 15.1. The van der Waals surface area contributed by atoms with E-state index in [2.05, 4.69) is 15.5 Å². The average molecular weight is 448 g/mol. The number of aryl methyl sites for hydroxylation is 2. The van der Waals surface area contributed by atoms with Crippen LogP contribution in [-0.2, 0) is 26.0 Å². The molecule has 9 nitrogen and oxygen atoms in total. The summed E-state index contributed by atoms with van der Waals surface area (Å²) in [6.07, 6.45) is 3.68. The second-order valence-electron chi connectivity index (χ2n) is 7.57. The van der Waals surface area contributed by atoms with Crippen LogP contribution in [0.5, 0.6) is 0 Å². The lowest BCUT2D eigenvalue weighted by atomic mass is 10.1. The average Bonchev–Trinajstić information content (AvgIpc) is 3.20. The summed E-state index contributed by atoms with van der Waals surface area (Å²) in [5.74, 6) is -0.275. The molecule has 1 aromatic carbocycles. The van der Waals surface area contributed by atoms with Crippen LogP contribution in [0.4, 0.5) is 0 Å². The Bertz CT molecular complexity index is 982. The summed E-state index contributed by atoms with van der Waals surface area (Å²) in [5.41, 5.74) is 2.17. The van der Waals surface area contributed by atoms with Crippen molar-refractivity contribution in [3.63, 3.8) is 0 Å². The van der Waals surface area contributed by atoms with Gasteiger partial charge in [0.2, 0.25) is 21.8 Å². The van der Waals surface area contributed by atoms with E-state index in [0.717, 1.165) is 24.1 Å². The maximum absolute atomic E-state index is 12.7. The predicted octanol–water partition coefficient (Wildman–Crippen LogP) is 1.08. The van der Waals surface area contributed by atoms with Crippen molar-refractivity contribution >= 4 is 21.8 Å². The lowest BCUT2D eigenvalue weighted by molar-refractivity contribution is -0.134. The molecule has 0 aliphatic carbocycles. The molecule has 2 aromatic rings. The molecule has 0 saturated carbocycles. The Balaban J connectivity index is 1.35. The van der Waals surface area contributed by atoms with E-state index < -0.39 is 10.0 Å². The molecular weight excluding hydrogens is 418 g/mol. The summed E-state index contributed by atoms with van der Waals surface area (Å²) in [5, 5.41) is 9.70. The van der Waals surface area contributed by atoms with Crippen LogP contribution in [0.15, 0.2) is 41.4 Å². The number of hydrogen-bond acceptors (Lipinski definition) is 5. The van der Waals surface area contributed by atoms with Crippen LogP contribution in [0.25, 0.3) is 0 Å². The van der Waals surface area contributed by atoms with Gasteiger partial charge >= 0.3 is 0 Å². The van der Waals surface area contributed by atoms with Crippen LogP contribution in [0.3, 0.4) is 0 Å². The summed E-state index contributed by atoms with van der Waals surface area (Å²) in [4.78, 5) is 26.3. The highest BCUT2D eigenvalue weighted by Crippen LogP contribution is 2.17. The first-order valence-electron chi connectivity index (χ1n) is 10.5. The van der Waals surface area contributed by atoms with Gasteiger partial charge in [-0.3, -0.25) is 14.7 Å². The maximum Gasteiger partial charge on any atom is 0.243 e. The van der Waals surface area contributed by atoms with Crippen molar-refractivity contribution in [2.75, 3.05) is 32.7 Å². The number of hydrogen-bond donors (Lipinski definition) is 2. The molecule has 0 bridgehead atoms. The van der Waals surface area contributed by atoms with Crippen molar-refractivity contribution in [3.8, 4) is 0 Å². The minimum Gasteiger partial charge on any atom is -0.356 e. The molecule has 1 saturated heterocycles. The van der Waals surface area contributed by atoms with Gasteiger partial charge in [0.1, 0.15) is 0 Å². The number of benzene rings is 1. The Hall–Kier alpha value is -2.72. The zero-order valence-corrected chi connectivity index (χ0v) is 18.5. The van der Waals surface area contributed by atoms with Crippen molar-refractivity contribution in [2.24, 2.45) is 0 Å². The van der Waals surface area contributed by atoms with Crippen molar-refractivity contribution in [2.45, 2.75) is 37.5 Å². The largest absolute Gasteiger partial charge is 0.356 e. The zero-order valence-electron chi connectivity index (χ0n) is 17.7. The molecule has 2 N–H and O–H groups in total. The quantitative estimate of drug-likeness (QED) is 0.558. The molecule has 1 aromatic heterocycles. The third-order valence-corrected chi connectivity index (χ3v) is 7.33. The summed E-state index contributed by atoms with van der Waals surface area (Å²) in [6, 6.07) is 8.29. The molecule has 31 heavy (non-hydrogen) atoms. The molecule has 0 radical (unpaired) electrons. The Morgan fingerprint density at radius 2 is 1.81 bits per heavy atom. The first-order chi connectivity index (χ1) is 14.9. The SMILES string of the molecule is Cc1[nH]ncc1CCCNC(=O)CCC(=O)N1CCN(S(=O)(=O)c2ccccc2)CC1. The van der Waals surface area contributed by atoms with Gasteiger partial charge in [0.25, 0.3) is 0 Å². The van der Waals surface area contributed by atoms with Crippen molar-refractivity contribution < 1.29 is 18.0 Å². The topological polar surface area (TPSA) is 115 Å². The highest BCUT2D eigenvalue weighted by molar-refractivity contribution is 7.89. The number of piperazine rings is 1. The summed E-state index contributed by atoms with van der Waals surface area (Å²) >= 11 is 0. The molecular formula is C21H29N5O4S. The highest BCUT2D eigenvalue weighted by atomic mass is 32.2. The standard InChI is InChI=1S/C21H29N5O4S/c1-17-18(16-23-24-17)6-5-11-22-20(27)9-10-21(28)25-12-14-26(15-13-25)31(29,30)19-7-3-2-4-8-19/h2-4,7-8,16H,5-6,9-15H2,1H3,(H,22,27)(H,23,24). The molecule has 1 aliphatic rings. The van der Waals surface area contributed by atoms with Gasteiger partial charge in [-0.05, 0) is 37.5 Å². The molecule has 0 unspecified atom stereocenters. The molecule has 1 fully saturated rings. The third kappa shape index (κ3) is 6.14. The number of H-pyrrole nitrogens is 1. The van der Waals surface area contributed by atoms with E-state index in [0.29, 0.717) is 19.6 Å². The first-order valence-corrected chi connectivity index (χ1v) is 11.9. The van der Waals surface area contributed by atoms with Gasteiger partial charge in [-0.2, -0.15) is 9.40 Å². The van der Waals surface area contributed by atoms with Crippen LogP contribution in [0.1, 0.15) is 30.5 Å². The molecule has 2 heterocycles. The van der Waals surface area contributed by atoms with E-state index in [-0.39, 0.29) is 42.6 Å². The summed E-state index contributed by atoms with van der Waals surface area (Å²) in [6.45, 7) is 3.68. The fourth-order valence-electron chi connectivity index (χ4n) is 3.52. The Kier molecular flexibility index (Phi) is 7.80. The smallest absolute Gasteiger partial charge is 0.243 e. The maximum atomic E-state index is 12.7. The molecule has 3 rings (SSSR count). The van der Waals surface area contributed by atoms with E-state index in [1.54, 1.807) is 41.4 Å². The Morgan fingerprint density at radius 3 is 2.45 bits per heavy atom. The molecule has 168 valence electrons. The summed E-state index contributed by atoms with van der Waals surface area (Å²) in [7, 11) is -3.54. The number of carbonyl (C=O) groups excluding carboxylic acids is 2. The number of nitrogens with zero attached hydrogens (tertiary/aromatic N) is 3. The van der Waals surface area contributed by atoms with E-state index >= 15 is 0 Å². The van der Waals surface area contributed by atoms with Gasteiger partial charge in [-0.1, -0.05) is 18.2 Å². The Morgan fingerprint density at radius 1 is 1.10 bits per heavy atom. The number of sulfonamides is 1. The van der Waals surface area contributed by atoms with Gasteiger partial charge < -0.3 is 10.2 Å². The number of amides is 2. The van der Waals surface area contributed by atoms with Crippen LogP contribution in [0, 0.1) is 6.92 Å². The monoisotopic (exact) mass is 447 g/mol. The molecule has 0 atom stereocenters. The minimum atomic E-state index is -3.54. The first kappa shape index (κ1) is 23.0. The van der Waals surface area contributed by atoms with Crippen LogP contribution in [-0.4, -0.2) is 72.4 Å². The van der Waals surface area contributed by atoms with Crippen molar-refractivity contribution in [1.29, 1.82) is 0 Å². The second kappa shape index (κ2) is 10.5. The highest BCUT2D eigenvalue weighted by Gasteiger charge is 2.29. The number of nitrogens with one attached hydrogen (secondary N) is 2. The molecule has 10 heteroatoms. The summed E-state index contributed by atoms with van der Waals surface area (Å²) < 4.78 is 26.7. The number of aromatic nitrogens is 2. The lowest BCUT2D eigenvalue weighted by Crippen LogP contribution is -2.50. The molecule has 2 amide bonds. The van der Waals surface area contributed by atoms with E-state index in [9.17, 15) is 18.0 Å². The van der Waals surface area contributed by atoms with Crippen molar-refractivity contribution in [3.05, 3.63) is 47.8 Å². The Labute approximate surface area is 182 Å². The van der Waals surface area contributed by atoms with Gasteiger partial charge in [0.15, 0.2) is 0 Å². The van der Waals surface area contributed by atoms with Crippen LogP contribution < -0.4 is 5.32 Å². The van der Waals surface area contributed by atoms with Crippen LogP contribution >= 0.6 is 0 Å². The van der Waals surface area contributed by atoms with Gasteiger partial charge in [0.05, 0.1) is 11.1 Å². The van der Waals surface area contributed by atoms with Gasteiger partial charge in [0, 0.05) is 51.3 Å². The number of rotatable bonds is 9. The predicted molar refractivity (Wildman–Crippen MR) is 116 cm³/mol. The fourth-order valence-corrected chi connectivity index (χ4v) is 4.96. The number of aromatic amines is 1. The molecule has 0 spiro atoms. The van der Waals surface area contributed by atoms with Crippen molar-refractivity contribution in [1.82, 2.24) is 24.7 Å². The van der Waals surface area contributed by atoms with Gasteiger partial charge in [-0.15, -0.1) is 0 Å². The zero-order chi connectivity index (χ0) is 22.3. The van der Waals surface area contributed by atoms with E-state index in [4.69, 9.17) is 0 Å². The lowest BCUT2D eigenvalue weighted by Gasteiger charge is -2.34. The van der Waals surface area contributed by atoms with E-state index in [1.807, 2.05) is 6.92 Å².